The van der Waals surface area contributed by atoms with Crippen molar-refractivity contribution < 1.29 is 4.43 Å². The minimum absolute atomic E-state index is 0.133. The molecule has 0 spiro atoms. The molecule has 0 bridgehead atoms. The van der Waals surface area contributed by atoms with Crippen molar-refractivity contribution in [1.29, 1.82) is 0 Å². The number of hydrogen-bond acceptors (Lipinski definition) is 1. The van der Waals surface area contributed by atoms with Gasteiger partial charge in [-0.05, 0) is 12.3 Å². The molecule has 1 nitrogen and oxygen atoms in total. The number of hydrogen-bond donors (Lipinski definition) is 0. The summed E-state index contributed by atoms with van der Waals surface area (Å²) in [5.74, 6) is 1.00. The molecule has 0 aromatic heterocycles. The Labute approximate surface area is 72.5 Å². The van der Waals surface area contributed by atoms with Gasteiger partial charge in [0.15, 0.2) is 9.76 Å². The van der Waals surface area contributed by atoms with E-state index in [9.17, 15) is 0 Å². The van der Waals surface area contributed by atoms with Crippen molar-refractivity contribution in [3.8, 4) is 0 Å². The van der Waals surface area contributed by atoms with Crippen LogP contribution in [-0.2, 0) is 4.43 Å². The van der Waals surface area contributed by atoms with Crippen LogP contribution in [-0.4, -0.2) is 16.4 Å². The van der Waals surface area contributed by atoms with Crippen LogP contribution in [0.3, 0.4) is 0 Å². The summed E-state index contributed by atoms with van der Waals surface area (Å²) in [6.45, 7) is 3.26. The molecule has 0 aromatic carbocycles. The third-order valence-corrected chi connectivity index (χ3v) is 3.30. The van der Waals surface area contributed by atoms with Crippen LogP contribution in [0.4, 0.5) is 0 Å². The van der Waals surface area contributed by atoms with Gasteiger partial charge in [-0.15, -0.1) is 0 Å². The summed E-state index contributed by atoms with van der Waals surface area (Å²) in [6, 6.07) is 0. The molecule has 0 N–H and O–H groups in total. The van der Waals surface area contributed by atoms with E-state index >= 15 is 0 Å². The first kappa shape index (κ1) is 9.27. The zero-order valence-electron chi connectivity index (χ0n) is 7.64. The average molecular weight is 172 g/mol. The molecule has 0 unspecified atom stereocenters. The summed E-state index contributed by atoms with van der Waals surface area (Å²) < 4.78 is 5.48. The smallest absolute Gasteiger partial charge is 0.158 e. The Morgan fingerprint density at radius 3 is 2.64 bits per heavy atom. The fraction of sp³-hybridized carbons (Fsp3) is 1.00. The lowest BCUT2D eigenvalue weighted by Crippen LogP contribution is -2.09. The highest BCUT2D eigenvalue weighted by Gasteiger charge is 2.12. The topological polar surface area (TPSA) is 9.23 Å². The Kier molecular flexibility index (Phi) is 4.87. The average Bonchev–Trinajstić information content (AvgIpc) is 2.07. The normalized spacial score (nSPS) is 21.5. The molecular formula is C9H20OSi. The molecule has 0 saturated heterocycles. The second-order valence-electron chi connectivity index (χ2n) is 3.49. The van der Waals surface area contributed by atoms with Gasteiger partial charge in [0, 0.05) is 6.61 Å². The van der Waals surface area contributed by atoms with E-state index in [-0.39, 0.29) is 9.76 Å². The minimum atomic E-state index is -0.133. The highest BCUT2D eigenvalue weighted by molar-refractivity contribution is 6.24. The van der Waals surface area contributed by atoms with Crippen LogP contribution in [0.1, 0.15) is 38.5 Å². The van der Waals surface area contributed by atoms with Crippen LogP contribution in [0.2, 0.25) is 6.55 Å². The molecule has 1 saturated carbocycles. The van der Waals surface area contributed by atoms with Crippen LogP contribution in [0, 0.1) is 5.92 Å². The third kappa shape index (κ3) is 3.92. The summed E-state index contributed by atoms with van der Waals surface area (Å²) in [4.78, 5) is 0. The molecule has 66 valence electrons. The molecule has 1 fully saturated rings. The Hall–Kier alpha value is 0.177. The highest BCUT2D eigenvalue weighted by atomic mass is 28.2. The molecule has 1 aliphatic carbocycles. The van der Waals surface area contributed by atoms with Crippen molar-refractivity contribution >= 4 is 9.76 Å². The van der Waals surface area contributed by atoms with Crippen LogP contribution < -0.4 is 0 Å². The first-order chi connectivity index (χ1) is 5.43. The lowest BCUT2D eigenvalue weighted by atomic mass is 9.87. The third-order valence-electron chi connectivity index (χ3n) is 2.60. The largest absolute Gasteiger partial charge is 0.424 e. The van der Waals surface area contributed by atoms with E-state index in [1.165, 1.54) is 38.5 Å². The lowest BCUT2D eigenvalue weighted by molar-refractivity contribution is 0.255. The highest BCUT2D eigenvalue weighted by Crippen LogP contribution is 2.25. The Bertz CT molecular complexity index is 89.6. The van der Waals surface area contributed by atoms with Crippen molar-refractivity contribution in [2.24, 2.45) is 5.92 Å². The lowest BCUT2D eigenvalue weighted by Gasteiger charge is -2.21. The summed E-state index contributed by atoms with van der Waals surface area (Å²) >= 11 is 0. The molecule has 0 atom stereocenters. The predicted molar refractivity (Wildman–Crippen MR) is 51.6 cm³/mol. The van der Waals surface area contributed by atoms with Gasteiger partial charge in [0.25, 0.3) is 0 Å². The maximum absolute atomic E-state index is 5.48. The zero-order chi connectivity index (χ0) is 7.94. The summed E-state index contributed by atoms with van der Waals surface area (Å²) in [7, 11) is -0.133. The van der Waals surface area contributed by atoms with E-state index in [0.717, 1.165) is 12.5 Å². The van der Waals surface area contributed by atoms with Gasteiger partial charge in [0.2, 0.25) is 0 Å². The second-order valence-corrected chi connectivity index (χ2v) is 4.48. The van der Waals surface area contributed by atoms with Crippen LogP contribution >= 0.6 is 0 Å². The van der Waals surface area contributed by atoms with E-state index in [1.54, 1.807) is 0 Å². The van der Waals surface area contributed by atoms with Crippen LogP contribution in [0.15, 0.2) is 0 Å². The molecule has 0 aliphatic heterocycles. The SMILES string of the molecule is C[SiH2]OCCC1CCCCC1. The summed E-state index contributed by atoms with van der Waals surface area (Å²) in [5, 5.41) is 0. The van der Waals surface area contributed by atoms with E-state index in [1.807, 2.05) is 0 Å². The molecular weight excluding hydrogens is 152 g/mol. The van der Waals surface area contributed by atoms with Gasteiger partial charge in [0.05, 0.1) is 0 Å². The molecule has 1 aliphatic rings. The van der Waals surface area contributed by atoms with E-state index in [4.69, 9.17) is 4.43 Å². The van der Waals surface area contributed by atoms with Crippen molar-refractivity contribution in [2.45, 2.75) is 45.1 Å². The quantitative estimate of drug-likeness (QED) is 0.466. The predicted octanol–water partition coefficient (Wildman–Crippen LogP) is 2.11. The Balaban J connectivity index is 1.96. The van der Waals surface area contributed by atoms with Gasteiger partial charge in [0.1, 0.15) is 0 Å². The van der Waals surface area contributed by atoms with E-state index in [2.05, 4.69) is 6.55 Å². The van der Waals surface area contributed by atoms with Crippen molar-refractivity contribution in [2.75, 3.05) is 6.61 Å². The number of rotatable bonds is 4. The van der Waals surface area contributed by atoms with Crippen LogP contribution in [0.25, 0.3) is 0 Å². The van der Waals surface area contributed by atoms with E-state index < -0.39 is 0 Å². The molecule has 2 heteroatoms. The van der Waals surface area contributed by atoms with Crippen LogP contribution in [0.5, 0.6) is 0 Å². The molecule has 0 amide bonds. The molecule has 1 rings (SSSR count). The van der Waals surface area contributed by atoms with Crippen molar-refractivity contribution in [1.82, 2.24) is 0 Å². The summed E-state index contributed by atoms with van der Waals surface area (Å²) in [5.41, 5.74) is 0. The monoisotopic (exact) mass is 172 g/mol. The molecule has 0 aromatic rings. The maximum atomic E-state index is 5.48. The van der Waals surface area contributed by atoms with Gasteiger partial charge in [-0.2, -0.15) is 0 Å². The Morgan fingerprint density at radius 2 is 2.00 bits per heavy atom. The second kappa shape index (κ2) is 5.78. The van der Waals surface area contributed by atoms with Gasteiger partial charge in [-0.3, -0.25) is 0 Å². The van der Waals surface area contributed by atoms with Gasteiger partial charge in [-0.1, -0.05) is 38.7 Å². The van der Waals surface area contributed by atoms with Crippen molar-refractivity contribution in [3.05, 3.63) is 0 Å². The fourth-order valence-electron chi connectivity index (χ4n) is 1.87. The summed E-state index contributed by atoms with van der Waals surface area (Å²) in [6.07, 6.45) is 8.67. The van der Waals surface area contributed by atoms with Gasteiger partial charge >= 0.3 is 0 Å². The molecule has 0 heterocycles. The molecule has 11 heavy (non-hydrogen) atoms. The fourth-order valence-corrected chi connectivity index (χ4v) is 2.33. The molecule has 0 radical (unpaired) electrons. The van der Waals surface area contributed by atoms with Crippen molar-refractivity contribution in [3.63, 3.8) is 0 Å². The van der Waals surface area contributed by atoms with E-state index in [0.29, 0.717) is 0 Å². The zero-order valence-corrected chi connectivity index (χ0v) is 9.06. The van der Waals surface area contributed by atoms with Gasteiger partial charge in [-0.25, -0.2) is 0 Å². The Morgan fingerprint density at radius 1 is 1.27 bits per heavy atom. The van der Waals surface area contributed by atoms with Gasteiger partial charge < -0.3 is 4.43 Å². The minimum Gasteiger partial charge on any atom is -0.424 e. The standard InChI is InChI=1S/C9H20OSi/c1-11-10-8-7-9-5-3-2-4-6-9/h9H,2-8,11H2,1H3. The first-order valence-electron chi connectivity index (χ1n) is 5.01. The maximum Gasteiger partial charge on any atom is 0.158 e. The first-order valence-corrected chi connectivity index (χ1v) is 7.00.